The normalized spacial score (nSPS) is 22.7. The van der Waals surface area contributed by atoms with E-state index < -0.39 is 6.23 Å². The number of hydrazine groups is 2. The fourth-order valence-corrected chi connectivity index (χ4v) is 1.61. The molecule has 2 N–H and O–H groups in total. The number of rotatable bonds is 1. The molecule has 0 aromatic heterocycles. The van der Waals surface area contributed by atoms with Gasteiger partial charge in [-0.2, -0.15) is 0 Å². The molecule has 2 aliphatic rings. The first-order valence-corrected chi connectivity index (χ1v) is 4.73. The molecule has 0 fully saturated rings. The summed E-state index contributed by atoms with van der Waals surface area (Å²) in [5.41, 5.74) is 3.83. The van der Waals surface area contributed by atoms with Gasteiger partial charge in [0.2, 0.25) is 0 Å². The van der Waals surface area contributed by atoms with Gasteiger partial charge in [-0.25, -0.2) is 10.0 Å². The third-order valence-corrected chi connectivity index (χ3v) is 2.29. The summed E-state index contributed by atoms with van der Waals surface area (Å²) in [6.07, 6.45) is 2.97. The van der Waals surface area contributed by atoms with Crippen LogP contribution in [0.5, 0.6) is 0 Å². The van der Waals surface area contributed by atoms with Crippen LogP contribution in [0, 0.1) is 0 Å². The van der Waals surface area contributed by atoms with Crippen molar-refractivity contribution in [1.82, 2.24) is 15.6 Å². The molecule has 14 heavy (non-hydrogen) atoms. The predicted molar refractivity (Wildman–Crippen MR) is 56.8 cm³/mol. The van der Waals surface area contributed by atoms with Crippen LogP contribution in [0.2, 0.25) is 0 Å². The van der Waals surface area contributed by atoms with Crippen molar-refractivity contribution in [2.75, 3.05) is 0 Å². The lowest BCUT2D eigenvalue weighted by Gasteiger charge is -2.26. The Morgan fingerprint density at radius 2 is 2.36 bits per heavy atom. The summed E-state index contributed by atoms with van der Waals surface area (Å²) in [6.45, 7) is 3.57. The predicted octanol–water partition coefficient (Wildman–Crippen LogP) is 0.407. The van der Waals surface area contributed by atoms with Crippen molar-refractivity contribution in [3.05, 3.63) is 23.1 Å². The lowest BCUT2D eigenvalue weighted by Crippen LogP contribution is -2.43. The molecule has 5 nitrogen and oxygen atoms in total. The molecule has 76 valence electrons. The molecule has 0 aromatic rings. The first-order valence-electron chi connectivity index (χ1n) is 4.28. The van der Waals surface area contributed by atoms with E-state index in [4.69, 9.17) is 0 Å². The average Bonchev–Trinajstić information content (AvgIpc) is 2.47. The molecular formula is C8H12N4OS. The Labute approximate surface area is 87.8 Å². The second kappa shape index (κ2) is 3.30. The monoisotopic (exact) mass is 212 g/mol. The number of fused-ring (bicyclic) bond motifs is 1. The highest BCUT2D eigenvalue weighted by Gasteiger charge is 2.26. The summed E-state index contributed by atoms with van der Waals surface area (Å²) < 4.78 is 0. The molecule has 0 spiro atoms. The Morgan fingerprint density at radius 1 is 1.64 bits per heavy atom. The first-order chi connectivity index (χ1) is 6.58. The summed E-state index contributed by atoms with van der Waals surface area (Å²) in [7, 11) is 0. The number of nitrogens with one attached hydrogen (secondary N) is 1. The summed E-state index contributed by atoms with van der Waals surface area (Å²) in [5, 5.41) is 13.4. The summed E-state index contributed by atoms with van der Waals surface area (Å²) in [5.74, 6) is 0.732. The number of aliphatic hydroxyl groups excluding tert-OH is 1. The fraction of sp³-hybridized carbons (Fsp3) is 0.375. The minimum absolute atomic E-state index is 0.607. The van der Waals surface area contributed by atoms with Crippen LogP contribution in [0.25, 0.3) is 0 Å². The standard InChI is InChI=1S/C8H12N4OS/c1-5-3-8(14)12-7(9-5)4-11(10-12)6(2)13/h3-4,6,10,13-14H,1-2H3. The van der Waals surface area contributed by atoms with E-state index in [1.807, 2.05) is 13.0 Å². The van der Waals surface area contributed by atoms with Gasteiger partial charge < -0.3 is 5.11 Å². The molecule has 2 aliphatic heterocycles. The van der Waals surface area contributed by atoms with Gasteiger partial charge in [0, 0.05) is 5.71 Å². The maximum Gasteiger partial charge on any atom is 0.167 e. The second-order valence-corrected chi connectivity index (χ2v) is 3.68. The molecule has 0 aliphatic carbocycles. The van der Waals surface area contributed by atoms with Crippen LogP contribution in [-0.2, 0) is 0 Å². The van der Waals surface area contributed by atoms with Gasteiger partial charge in [-0.1, -0.05) is 0 Å². The van der Waals surface area contributed by atoms with Crippen molar-refractivity contribution in [2.45, 2.75) is 20.1 Å². The Morgan fingerprint density at radius 3 is 3.00 bits per heavy atom. The van der Waals surface area contributed by atoms with Crippen LogP contribution in [-0.4, -0.2) is 27.1 Å². The van der Waals surface area contributed by atoms with Crippen LogP contribution in [0.1, 0.15) is 13.8 Å². The van der Waals surface area contributed by atoms with Gasteiger partial charge >= 0.3 is 0 Å². The number of allylic oxidation sites excluding steroid dienone is 1. The lowest BCUT2D eigenvalue weighted by atomic mass is 10.3. The Balaban J connectivity index is 2.28. The molecule has 1 atom stereocenters. The number of nitrogens with zero attached hydrogens (tertiary/aromatic N) is 3. The SMILES string of the molecule is CC1=NC2=CN(C(C)O)NN2C(S)=C1. The summed E-state index contributed by atoms with van der Waals surface area (Å²) in [6, 6.07) is 0. The number of hydrogen-bond acceptors (Lipinski definition) is 6. The van der Waals surface area contributed by atoms with Crippen molar-refractivity contribution in [2.24, 2.45) is 4.99 Å². The van der Waals surface area contributed by atoms with Crippen molar-refractivity contribution in [3.63, 3.8) is 0 Å². The highest BCUT2D eigenvalue weighted by molar-refractivity contribution is 7.84. The second-order valence-electron chi connectivity index (χ2n) is 3.22. The molecule has 1 unspecified atom stereocenters. The van der Waals surface area contributed by atoms with E-state index in [1.165, 1.54) is 0 Å². The van der Waals surface area contributed by atoms with Crippen LogP contribution in [0.4, 0.5) is 0 Å². The zero-order valence-electron chi connectivity index (χ0n) is 7.97. The van der Waals surface area contributed by atoms with E-state index in [9.17, 15) is 5.11 Å². The quantitative estimate of drug-likeness (QED) is 0.551. The lowest BCUT2D eigenvalue weighted by molar-refractivity contribution is -0.00537. The van der Waals surface area contributed by atoms with E-state index in [-0.39, 0.29) is 0 Å². The van der Waals surface area contributed by atoms with Gasteiger partial charge in [-0.05, 0) is 19.9 Å². The van der Waals surface area contributed by atoms with E-state index >= 15 is 0 Å². The van der Waals surface area contributed by atoms with Gasteiger partial charge in [-0.15, -0.1) is 18.2 Å². The van der Waals surface area contributed by atoms with Crippen LogP contribution >= 0.6 is 12.6 Å². The van der Waals surface area contributed by atoms with Crippen LogP contribution in [0.3, 0.4) is 0 Å². The van der Waals surface area contributed by atoms with Crippen molar-refractivity contribution in [3.8, 4) is 0 Å². The van der Waals surface area contributed by atoms with Gasteiger partial charge in [0.05, 0.1) is 11.2 Å². The molecule has 0 saturated carbocycles. The molecule has 2 rings (SSSR count). The third kappa shape index (κ3) is 1.52. The Hall–Kier alpha value is -0.980. The molecule has 6 heteroatoms. The molecule has 0 amide bonds. The zero-order chi connectivity index (χ0) is 10.3. The number of hydrogen-bond donors (Lipinski definition) is 3. The van der Waals surface area contributed by atoms with Gasteiger partial charge in [0.1, 0.15) is 6.23 Å². The highest BCUT2D eigenvalue weighted by Crippen LogP contribution is 2.24. The maximum atomic E-state index is 9.35. The molecule has 0 radical (unpaired) electrons. The van der Waals surface area contributed by atoms with E-state index in [1.54, 1.807) is 23.1 Å². The van der Waals surface area contributed by atoms with Crippen molar-refractivity contribution in [1.29, 1.82) is 0 Å². The van der Waals surface area contributed by atoms with Crippen molar-refractivity contribution < 1.29 is 5.11 Å². The minimum atomic E-state index is -0.607. The van der Waals surface area contributed by atoms with E-state index in [0.29, 0.717) is 0 Å². The van der Waals surface area contributed by atoms with E-state index in [2.05, 4.69) is 23.2 Å². The highest BCUT2D eigenvalue weighted by atomic mass is 32.1. The van der Waals surface area contributed by atoms with Crippen molar-refractivity contribution >= 4 is 18.3 Å². The van der Waals surface area contributed by atoms with E-state index in [0.717, 1.165) is 16.6 Å². The smallest absolute Gasteiger partial charge is 0.167 e. The first kappa shape index (κ1) is 9.57. The maximum absolute atomic E-state index is 9.35. The fourth-order valence-electron chi connectivity index (χ4n) is 1.28. The van der Waals surface area contributed by atoms with Gasteiger partial charge in [-0.3, -0.25) is 5.01 Å². The van der Waals surface area contributed by atoms with Crippen LogP contribution < -0.4 is 5.53 Å². The molecule has 0 bridgehead atoms. The summed E-state index contributed by atoms with van der Waals surface area (Å²) >= 11 is 4.30. The molecular weight excluding hydrogens is 200 g/mol. The van der Waals surface area contributed by atoms with Gasteiger partial charge in [0.15, 0.2) is 5.82 Å². The minimum Gasteiger partial charge on any atom is -0.372 e. The summed E-state index contributed by atoms with van der Waals surface area (Å²) in [4.78, 5) is 4.29. The number of aliphatic imine (C=N–C) groups is 1. The Kier molecular flexibility index (Phi) is 2.26. The molecule has 0 saturated heterocycles. The molecule has 0 aromatic carbocycles. The average molecular weight is 212 g/mol. The van der Waals surface area contributed by atoms with Gasteiger partial charge in [0.25, 0.3) is 0 Å². The largest absolute Gasteiger partial charge is 0.372 e. The molecule has 2 heterocycles. The third-order valence-electron chi connectivity index (χ3n) is 1.96. The number of aliphatic hydroxyl groups is 1. The topological polar surface area (TPSA) is 51.1 Å². The zero-order valence-corrected chi connectivity index (χ0v) is 8.86. The Bertz CT molecular complexity index is 347. The van der Waals surface area contributed by atoms with Crippen LogP contribution in [0.15, 0.2) is 28.1 Å². The number of thiol groups is 1.